The molecule has 1 saturated carbocycles. The summed E-state index contributed by atoms with van der Waals surface area (Å²) in [5, 5.41) is 6.82. The van der Waals surface area contributed by atoms with Crippen LogP contribution in [0.25, 0.3) is 11.1 Å². The number of benzene rings is 2. The highest BCUT2D eigenvalue weighted by Gasteiger charge is 2.31. The van der Waals surface area contributed by atoms with Gasteiger partial charge in [0, 0.05) is 18.6 Å². The fourth-order valence-electron chi connectivity index (χ4n) is 3.70. The van der Waals surface area contributed by atoms with Crippen LogP contribution in [0.1, 0.15) is 18.4 Å². The van der Waals surface area contributed by atoms with Crippen LogP contribution in [-0.2, 0) is 6.18 Å². The van der Waals surface area contributed by atoms with Crippen molar-refractivity contribution < 1.29 is 17.9 Å². The summed E-state index contributed by atoms with van der Waals surface area (Å²) in [6.07, 6.45) is 0.740. The Hall–Kier alpha value is -3.59. The standard InChI is InChI=1S/C24H24F3N5O/c1-2-10-29-17-12-18(13-17)32-23-21(22(28)30-14-31-23)15-6-8-19(9-7-15)33-20-5-3-4-16(11-20)24(25,26)27/h2-9,11,14,17-18,29H,1,10,12-13H2,(H3,28,30,31,32). The van der Waals surface area contributed by atoms with Crippen LogP contribution < -0.4 is 21.1 Å². The Kier molecular flexibility index (Phi) is 6.50. The number of nitrogens with two attached hydrogens (primary N) is 1. The highest BCUT2D eigenvalue weighted by molar-refractivity contribution is 5.83. The first-order valence-electron chi connectivity index (χ1n) is 10.5. The van der Waals surface area contributed by atoms with Gasteiger partial charge in [-0.15, -0.1) is 6.58 Å². The van der Waals surface area contributed by atoms with Gasteiger partial charge in [-0.3, -0.25) is 0 Å². The largest absolute Gasteiger partial charge is 0.457 e. The number of rotatable bonds is 8. The minimum absolute atomic E-state index is 0.104. The SMILES string of the molecule is C=CCNC1CC(Nc2ncnc(N)c2-c2ccc(Oc3cccc(C(F)(F)F)c3)cc2)C1. The number of nitrogens with zero attached hydrogens (tertiary/aromatic N) is 2. The van der Waals surface area contributed by atoms with Crippen molar-refractivity contribution in [2.24, 2.45) is 0 Å². The first-order chi connectivity index (χ1) is 15.8. The van der Waals surface area contributed by atoms with Crippen LogP contribution in [0.4, 0.5) is 24.8 Å². The molecule has 2 aromatic carbocycles. The lowest BCUT2D eigenvalue weighted by molar-refractivity contribution is -0.137. The third kappa shape index (κ3) is 5.43. The smallest absolute Gasteiger partial charge is 0.416 e. The van der Waals surface area contributed by atoms with Crippen molar-refractivity contribution in [1.82, 2.24) is 15.3 Å². The minimum atomic E-state index is -4.43. The molecule has 1 aliphatic carbocycles. The molecule has 1 heterocycles. The molecule has 0 saturated heterocycles. The second kappa shape index (κ2) is 9.50. The van der Waals surface area contributed by atoms with Crippen molar-refractivity contribution in [2.45, 2.75) is 31.1 Å². The summed E-state index contributed by atoms with van der Waals surface area (Å²) in [5.74, 6) is 1.48. The molecule has 33 heavy (non-hydrogen) atoms. The number of halogens is 3. The van der Waals surface area contributed by atoms with E-state index in [0.717, 1.165) is 37.1 Å². The topological polar surface area (TPSA) is 85.1 Å². The van der Waals surface area contributed by atoms with E-state index in [1.54, 1.807) is 24.3 Å². The van der Waals surface area contributed by atoms with Gasteiger partial charge in [-0.05, 0) is 48.7 Å². The predicted octanol–water partition coefficient (Wildman–Crippen LogP) is 5.26. The Morgan fingerprint density at radius 3 is 2.52 bits per heavy atom. The predicted molar refractivity (Wildman–Crippen MR) is 122 cm³/mol. The molecule has 9 heteroatoms. The van der Waals surface area contributed by atoms with Crippen molar-refractivity contribution >= 4 is 11.6 Å². The van der Waals surface area contributed by atoms with Crippen molar-refractivity contribution in [3.05, 3.63) is 73.1 Å². The lowest BCUT2D eigenvalue weighted by Gasteiger charge is -2.37. The molecule has 0 spiro atoms. The van der Waals surface area contributed by atoms with Gasteiger partial charge >= 0.3 is 6.18 Å². The van der Waals surface area contributed by atoms with E-state index < -0.39 is 11.7 Å². The summed E-state index contributed by atoms with van der Waals surface area (Å²) < 4.78 is 44.4. The highest BCUT2D eigenvalue weighted by Crippen LogP contribution is 2.36. The van der Waals surface area contributed by atoms with Crippen molar-refractivity contribution in [3.63, 3.8) is 0 Å². The zero-order valence-electron chi connectivity index (χ0n) is 17.8. The normalized spacial score (nSPS) is 17.8. The van der Waals surface area contributed by atoms with Gasteiger partial charge in [-0.2, -0.15) is 13.2 Å². The maximum atomic E-state index is 12.9. The molecule has 0 radical (unpaired) electrons. The number of ether oxygens (including phenoxy) is 1. The van der Waals surface area contributed by atoms with E-state index in [4.69, 9.17) is 10.5 Å². The van der Waals surface area contributed by atoms with Crippen LogP contribution >= 0.6 is 0 Å². The molecule has 1 fully saturated rings. The number of aromatic nitrogens is 2. The van der Waals surface area contributed by atoms with E-state index in [1.165, 1.54) is 18.5 Å². The third-order valence-corrected chi connectivity index (χ3v) is 5.45. The second-order valence-corrected chi connectivity index (χ2v) is 7.84. The molecule has 6 nitrogen and oxygen atoms in total. The van der Waals surface area contributed by atoms with Crippen molar-refractivity contribution in [2.75, 3.05) is 17.6 Å². The quantitative estimate of drug-likeness (QED) is 0.402. The average Bonchev–Trinajstić information content (AvgIpc) is 2.76. The zero-order valence-corrected chi connectivity index (χ0v) is 17.8. The first kappa shape index (κ1) is 22.6. The zero-order chi connectivity index (χ0) is 23.4. The highest BCUT2D eigenvalue weighted by atomic mass is 19.4. The molecule has 0 bridgehead atoms. The molecular formula is C24H24F3N5O. The van der Waals surface area contributed by atoms with Crippen LogP contribution in [0.15, 0.2) is 67.5 Å². The van der Waals surface area contributed by atoms with Crippen molar-refractivity contribution in [3.8, 4) is 22.6 Å². The van der Waals surface area contributed by atoms with E-state index in [1.807, 2.05) is 6.08 Å². The molecule has 172 valence electrons. The molecular weight excluding hydrogens is 431 g/mol. The van der Waals surface area contributed by atoms with Crippen LogP contribution in [0, 0.1) is 0 Å². The van der Waals surface area contributed by atoms with Crippen LogP contribution in [0.2, 0.25) is 0 Å². The maximum Gasteiger partial charge on any atom is 0.416 e. The van der Waals surface area contributed by atoms with Gasteiger partial charge < -0.3 is 21.1 Å². The molecule has 0 amide bonds. The van der Waals surface area contributed by atoms with E-state index in [-0.39, 0.29) is 11.8 Å². The average molecular weight is 455 g/mol. The third-order valence-electron chi connectivity index (χ3n) is 5.45. The van der Waals surface area contributed by atoms with Gasteiger partial charge in [0.1, 0.15) is 29.5 Å². The minimum Gasteiger partial charge on any atom is -0.457 e. The molecule has 3 aromatic rings. The van der Waals surface area contributed by atoms with E-state index in [2.05, 4.69) is 27.2 Å². The van der Waals surface area contributed by atoms with E-state index in [9.17, 15) is 13.2 Å². The van der Waals surface area contributed by atoms with E-state index >= 15 is 0 Å². The molecule has 1 aromatic heterocycles. The van der Waals surface area contributed by atoms with E-state index in [0.29, 0.717) is 29.0 Å². The van der Waals surface area contributed by atoms with Gasteiger partial charge in [0.2, 0.25) is 0 Å². The maximum absolute atomic E-state index is 12.9. The van der Waals surface area contributed by atoms with Gasteiger partial charge in [0.15, 0.2) is 0 Å². The first-order valence-corrected chi connectivity index (χ1v) is 10.5. The lowest BCUT2D eigenvalue weighted by atomic mass is 9.86. The Morgan fingerprint density at radius 2 is 1.82 bits per heavy atom. The Balaban J connectivity index is 1.47. The van der Waals surface area contributed by atoms with Crippen LogP contribution in [0.5, 0.6) is 11.5 Å². The number of nitrogen functional groups attached to an aromatic ring is 1. The molecule has 0 aliphatic heterocycles. The summed E-state index contributed by atoms with van der Waals surface area (Å²) in [7, 11) is 0. The number of hydrogen-bond acceptors (Lipinski definition) is 6. The van der Waals surface area contributed by atoms with Gasteiger partial charge in [0.05, 0.1) is 11.1 Å². The summed E-state index contributed by atoms with van der Waals surface area (Å²) in [5.41, 5.74) is 6.83. The summed E-state index contributed by atoms with van der Waals surface area (Å²) in [4.78, 5) is 8.48. The van der Waals surface area contributed by atoms with Gasteiger partial charge in [-0.25, -0.2) is 9.97 Å². The molecule has 0 atom stereocenters. The fourth-order valence-corrected chi connectivity index (χ4v) is 3.70. The summed E-state index contributed by atoms with van der Waals surface area (Å²) in [6, 6.07) is 12.4. The van der Waals surface area contributed by atoms with Gasteiger partial charge in [0.25, 0.3) is 0 Å². The number of nitrogens with one attached hydrogen (secondary N) is 2. The molecule has 0 unspecified atom stereocenters. The van der Waals surface area contributed by atoms with Crippen molar-refractivity contribution in [1.29, 1.82) is 0 Å². The molecule has 1 aliphatic rings. The fraction of sp³-hybridized carbons (Fsp3) is 0.250. The monoisotopic (exact) mass is 455 g/mol. The number of alkyl halides is 3. The Bertz CT molecular complexity index is 1110. The summed E-state index contributed by atoms with van der Waals surface area (Å²) >= 11 is 0. The Morgan fingerprint density at radius 1 is 1.06 bits per heavy atom. The Labute approximate surface area is 189 Å². The molecule has 4 rings (SSSR count). The summed E-state index contributed by atoms with van der Waals surface area (Å²) in [6.45, 7) is 4.49. The molecule has 4 N–H and O–H groups in total. The number of hydrogen-bond donors (Lipinski definition) is 3. The van der Waals surface area contributed by atoms with Gasteiger partial charge in [-0.1, -0.05) is 24.3 Å². The second-order valence-electron chi connectivity index (χ2n) is 7.84. The lowest BCUT2D eigenvalue weighted by Crippen LogP contribution is -2.47. The van der Waals surface area contributed by atoms with Crippen LogP contribution in [-0.4, -0.2) is 28.6 Å². The number of anilines is 2. The van der Waals surface area contributed by atoms with Crippen LogP contribution in [0.3, 0.4) is 0 Å².